The van der Waals surface area contributed by atoms with Crippen molar-refractivity contribution in [2.24, 2.45) is 0 Å². The maximum Gasteiger partial charge on any atom is 0.224 e. The summed E-state index contributed by atoms with van der Waals surface area (Å²) >= 11 is 0. The molecule has 0 aliphatic rings. The molecule has 140 valence electrons. The quantitative estimate of drug-likeness (QED) is 0.676. The smallest absolute Gasteiger partial charge is 0.224 e. The topological polar surface area (TPSA) is 58.6 Å². The van der Waals surface area contributed by atoms with E-state index in [-0.39, 0.29) is 25.0 Å². The summed E-state index contributed by atoms with van der Waals surface area (Å²) in [6.45, 7) is 1.94. The number of benzene rings is 3. The van der Waals surface area contributed by atoms with Crippen LogP contribution in [0.3, 0.4) is 0 Å². The molecule has 1 atom stereocenters. The second kappa shape index (κ2) is 8.69. The van der Waals surface area contributed by atoms with Gasteiger partial charge in [-0.15, -0.1) is 0 Å². The highest BCUT2D eigenvalue weighted by Gasteiger charge is 2.15. The van der Waals surface area contributed by atoms with Crippen LogP contribution in [0.2, 0.25) is 0 Å². The number of nitrogens with one attached hydrogen (secondary N) is 1. The van der Waals surface area contributed by atoms with Gasteiger partial charge in [0.15, 0.2) is 0 Å². The summed E-state index contributed by atoms with van der Waals surface area (Å²) in [6, 6.07) is 19.5. The number of ether oxygens (including phenoxy) is 1. The first kappa shape index (κ1) is 18.9. The van der Waals surface area contributed by atoms with E-state index in [1.807, 2.05) is 67.6 Å². The fourth-order valence-electron chi connectivity index (χ4n) is 3.32. The lowest BCUT2D eigenvalue weighted by Crippen LogP contribution is -2.40. The van der Waals surface area contributed by atoms with Crippen molar-refractivity contribution in [1.29, 1.82) is 0 Å². The molecule has 0 fully saturated rings. The molecule has 1 unspecified atom stereocenters. The number of hydrogen-bond acceptors (Lipinski definition) is 3. The van der Waals surface area contributed by atoms with Gasteiger partial charge in [-0.05, 0) is 52.9 Å². The van der Waals surface area contributed by atoms with Crippen molar-refractivity contribution >= 4 is 16.7 Å². The number of aliphatic hydroxyl groups excluding tert-OH is 1. The maximum absolute atomic E-state index is 12.6. The summed E-state index contributed by atoms with van der Waals surface area (Å²) in [5, 5.41) is 14.7. The van der Waals surface area contributed by atoms with E-state index in [1.165, 1.54) is 0 Å². The van der Waals surface area contributed by atoms with Crippen LogP contribution < -0.4 is 10.1 Å². The minimum atomic E-state index is -0.303. The Kier molecular flexibility index (Phi) is 6.09. The molecule has 3 aromatic rings. The van der Waals surface area contributed by atoms with Crippen LogP contribution in [0.5, 0.6) is 5.75 Å². The molecule has 0 spiro atoms. The normalized spacial score (nSPS) is 12.0. The third-order valence-corrected chi connectivity index (χ3v) is 4.84. The number of carbonyl (C=O) groups is 1. The van der Waals surface area contributed by atoms with E-state index in [0.717, 1.165) is 33.2 Å². The van der Waals surface area contributed by atoms with Gasteiger partial charge in [-0.1, -0.05) is 48.5 Å². The van der Waals surface area contributed by atoms with E-state index >= 15 is 0 Å². The Morgan fingerprint density at radius 2 is 1.85 bits per heavy atom. The average Bonchev–Trinajstić information content (AvgIpc) is 2.69. The molecule has 3 rings (SSSR count). The lowest BCUT2D eigenvalue weighted by atomic mass is 10.00. The number of aliphatic hydroxyl groups is 1. The predicted molar refractivity (Wildman–Crippen MR) is 108 cm³/mol. The molecule has 0 bridgehead atoms. The first-order chi connectivity index (χ1) is 13.1. The van der Waals surface area contributed by atoms with E-state index in [0.29, 0.717) is 6.42 Å². The van der Waals surface area contributed by atoms with Crippen LogP contribution in [0, 0.1) is 6.92 Å². The Labute approximate surface area is 159 Å². The molecule has 0 aliphatic heterocycles. The summed E-state index contributed by atoms with van der Waals surface area (Å²) < 4.78 is 5.31. The summed E-state index contributed by atoms with van der Waals surface area (Å²) in [5.74, 6) is 0.668. The van der Waals surface area contributed by atoms with Gasteiger partial charge in [-0.25, -0.2) is 0 Å². The van der Waals surface area contributed by atoms with Crippen molar-refractivity contribution in [1.82, 2.24) is 5.32 Å². The van der Waals surface area contributed by atoms with Crippen LogP contribution in [0.25, 0.3) is 10.8 Å². The highest BCUT2D eigenvalue weighted by molar-refractivity contribution is 5.91. The zero-order valence-corrected chi connectivity index (χ0v) is 15.7. The molecule has 0 heterocycles. The molecule has 3 aromatic carbocycles. The standard InChI is InChI=1S/C23H25NO3/c1-16-6-3-4-7-18(16)12-20(15-25)24-23(26)13-19-9-5-8-17-10-11-21(27-2)14-22(17)19/h3-11,14,20,25H,12-13,15H2,1-2H3,(H,24,26). The van der Waals surface area contributed by atoms with Gasteiger partial charge >= 0.3 is 0 Å². The Hall–Kier alpha value is -2.85. The minimum Gasteiger partial charge on any atom is -0.497 e. The van der Waals surface area contributed by atoms with Crippen LogP contribution in [0.15, 0.2) is 60.7 Å². The average molecular weight is 363 g/mol. The Morgan fingerprint density at radius 1 is 1.07 bits per heavy atom. The van der Waals surface area contributed by atoms with Crippen LogP contribution in [0.4, 0.5) is 0 Å². The second-order valence-electron chi connectivity index (χ2n) is 6.76. The molecule has 0 aromatic heterocycles. The Morgan fingerprint density at radius 3 is 2.59 bits per heavy atom. The first-order valence-corrected chi connectivity index (χ1v) is 9.11. The number of rotatable bonds is 7. The molecular formula is C23H25NO3. The molecular weight excluding hydrogens is 338 g/mol. The molecule has 0 aliphatic carbocycles. The predicted octanol–water partition coefficient (Wildman–Crippen LogP) is 3.42. The van der Waals surface area contributed by atoms with Crippen molar-refractivity contribution in [2.45, 2.75) is 25.8 Å². The van der Waals surface area contributed by atoms with Gasteiger partial charge in [-0.3, -0.25) is 4.79 Å². The summed E-state index contributed by atoms with van der Waals surface area (Å²) in [7, 11) is 1.63. The molecule has 0 radical (unpaired) electrons. The zero-order valence-electron chi connectivity index (χ0n) is 15.7. The summed E-state index contributed by atoms with van der Waals surface area (Å²) in [6.07, 6.45) is 0.868. The molecule has 27 heavy (non-hydrogen) atoms. The molecule has 1 amide bonds. The van der Waals surface area contributed by atoms with Crippen LogP contribution in [0.1, 0.15) is 16.7 Å². The number of amides is 1. The third-order valence-electron chi connectivity index (χ3n) is 4.84. The largest absolute Gasteiger partial charge is 0.497 e. The Balaban J connectivity index is 1.73. The van der Waals surface area contributed by atoms with Crippen molar-refractivity contribution < 1.29 is 14.6 Å². The highest BCUT2D eigenvalue weighted by atomic mass is 16.5. The number of fused-ring (bicyclic) bond motifs is 1. The Bertz CT molecular complexity index is 936. The van der Waals surface area contributed by atoms with Gasteiger partial charge in [0.05, 0.1) is 26.2 Å². The van der Waals surface area contributed by atoms with E-state index in [2.05, 4.69) is 5.32 Å². The van der Waals surface area contributed by atoms with Crippen molar-refractivity contribution in [3.05, 3.63) is 77.4 Å². The van der Waals surface area contributed by atoms with Gasteiger partial charge in [0, 0.05) is 0 Å². The minimum absolute atomic E-state index is 0.0938. The molecule has 4 heteroatoms. The maximum atomic E-state index is 12.6. The zero-order chi connectivity index (χ0) is 19.2. The number of hydrogen-bond donors (Lipinski definition) is 2. The van der Waals surface area contributed by atoms with Gasteiger partial charge in [0.1, 0.15) is 5.75 Å². The summed E-state index contributed by atoms with van der Waals surface area (Å²) in [4.78, 5) is 12.6. The first-order valence-electron chi connectivity index (χ1n) is 9.11. The molecule has 2 N–H and O–H groups in total. The van der Waals surface area contributed by atoms with Crippen molar-refractivity contribution in [3.8, 4) is 5.75 Å². The van der Waals surface area contributed by atoms with Gasteiger partial charge < -0.3 is 15.2 Å². The second-order valence-corrected chi connectivity index (χ2v) is 6.76. The number of methoxy groups -OCH3 is 1. The van der Waals surface area contributed by atoms with E-state index in [1.54, 1.807) is 7.11 Å². The van der Waals surface area contributed by atoms with E-state index in [4.69, 9.17) is 4.74 Å². The van der Waals surface area contributed by atoms with E-state index in [9.17, 15) is 9.90 Å². The highest BCUT2D eigenvalue weighted by Crippen LogP contribution is 2.24. The molecule has 0 saturated heterocycles. The molecule has 4 nitrogen and oxygen atoms in total. The van der Waals surface area contributed by atoms with E-state index < -0.39 is 0 Å². The van der Waals surface area contributed by atoms with Crippen molar-refractivity contribution in [2.75, 3.05) is 13.7 Å². The SMILES string of the molecule is COc1ccc2cccc(CC(=O)NC(CO)Cc3ccccc3C)c2c1. The number of carbonyl (C=O) groups excluding carboxylic acids is 1. The molecule has 0 saturated carbocycles. The fraction of sp³-hybridized carbons (Fsp3) is 0.261. The van der Waals surface area contributed by atoms with Crippen LogP contribution in [-0.4, -0.2) is 30.8 Å². The fourth-order valence-corrected chi connectivity index (χ4v) is 3.32. The van der Waals surface area contributed by atoms with Gasteiger partial charge in [0.25, 0.3) is 0 Å². The van der Waals surface area contributed by atoms with Crippen molar-refractivity contribution in [3.63, 3.8) is 0 Å². The summed E-state index contributed by atoms with van der Waals surface area (Å²) in [5.41, 5.74) is 3.23. The van der Waals surface area contributed by atoms with Gasteiger partial charge in [-0.2, -0.15) is 0 Å². The van der Waals surface area contributed by atoms with Crippen LogP contribution >= 0.6 is 0 Å². The third kappa shape index (κ3) is 4.66. The monoisotopic (exact) mass is 363 g/mol. The van der Waals surface area contributed by atoms with Crippen LogP contribution in [-0.2, 0) is 17.6 Å². The lowest BCUT2D eigenvalue weighted by molar-refractivity contribution is -0.121. The number of aryl methyl sites for hydroxylation is 1. The van der Waals surface area contributed by atoms with Gasteiger partial charge in [0.2, 0.25) is 5.91 Å². The lowest BCUT2D eigenvalue weighted by Gasteiger charge is -2.18.